The summed E-state index contributed by atoms with van der Waals surface area (Å²) in [6, 6.07) is 0. The number of amidine groups is 1. The molecule has 0 radical (unpaired) electrons. The molecule has 0 aromatic carbocycles. The lowest BCUT2D eigenvalue weighted by molar-refractivity contribution is -0.113. The molecular weight excluding hydrogens is 466 g/mol. The smallest absolute Gasteiger partial charge is 0.187 e. The zero-order chi connectivity index (χ0) is 25.3. The third-order valence-corrected chi connectivity index (χ3v) is 7.83. The van der Waals surface area contributed by atoms with Gasteiger partial charge in [0.2, 0.25) is 0 Å². The van der Waals surface area contributed by atoms with E-state index in [1.165, 1.54) is 30.2 Å². The van der Waals surface area contributed by atoms with Crippen LogP contribution >= 0.6 is 0 Å². The van der Waals surface area contributed by atoms with E-state index in [9.17, 15) is 20.4 Å². The molecule has 6 N–H and O–H groups in total. The van der Waals surface area contributed by atoms with E-state index in [-0.39, 0.29) is 12.7 Å². The second-order valence-electron chi connectivity index (χ2n) is 10.3. The molecular formula is C25H37N5O6. The van der Waals surface area contributed by atoms with Gasteiger partial charge in [-0.1, -0.05) is 31.6 Å². The van der Waals surface area contributed by atoms with Crippen LogP contribution in [0.4, 0.5) is 5.82 Å². The van der Waals surface area contributed by atoms with Crippen molar-refractivity contribution >= 4 is 11.7 Å². The number of ether oxygens (including phenoxy) is 2. The molecule has 1 aromatic heterocycles. The van der Waals surface area contributed by atoms with Crippen LogP contribution in [0.1, 0.15) is 82.3 Å². The molecule has 5 rings (SSSR count). The summed E-state index contributed by atoms with van der Waals surface area (Å²) in [5.41, 5.74) is 5.88. The van der Waals surface area contributed by atoms with Gasteiger partial charge in [-0.2, -0.15) is 0 Å². The standard InChI is InChI=1S/C25H37N5O6/c26-22-19-23(29(15-27-19)24-21(33)20(32)17(14-31)36-24)28-18(30(22)25(34)11-5-2-6-12-25)10-7-13-35-16-8-3-1-4-9-16/h15-17,20-22,24,31-34H,1-6,8-9,11-14,26H2/t17-,20?,21?,22?,24-/m1/s1. The average molecular weight is 504 g/mol. The van der Waals surface area contributed by atoms with Crippen LogP contribution in [0.3, 0.4) is 0 Å². The molecule has 5 atom stereocenters. The maximum Gasteiger partial charge on any atom is 0.187 e. The molecule has 2 aliphatic heterocycles. The molecule has 0 amide bonds. The first-order valence-corrected chi connectivity index (χ1v) is 13.1. The highest BCUT2D eigenvalue weighted by molar-refractivity contribution is 6.01. The number of aromatic nitrogens is 2. The number of aliphatic hydroxyl groups excluding tert-OH is 3. The van der Waals surface area contributed by atoms with E-state index in [1.807, 2.05) is 0 Å². The highest BCUT2D eigenvalue weighted by Crippen LogP contribution is 2.42. The van der Waals surface area contributed by atoms with Gasteiger partial charge in [-0.15, -0.1) is 0 Å². The second kappa shape index (κ2) is 10.8. The first kappa shape index (κ1) is 25.6. The molecule has 0 spiro atoms. The summed E-state index contributed by atoms with van der Waals surface area (Å²) in [6.45, 7) is -0.181. The van der Waals surface area contributed by atoms with E-state index < -0.39 is 43.0 Å². The van der Waals surface area contributed by atoms with Crippen LogP contribution in [0.15, 0.2) is 11.3 Å². The first-order chi connectivity index (χ1) is 17.4. The number of hydrogen-bond acceptors (Lipinski definition) is 10. The predicted octanol–water partition coefficient (Wildman–Crippen LogP) is 0.803. The van der Waals surface area contributed by atoms with E-state index in [0.29, 0.717) is 30.2 Å². The Bertz CT molecular complexity index is 1010. The minimum absolute atomic E-state index is 0.224. The zero-order valence-electron chi connectivity index (χ0n) is 20.5. The number of imidazole rings is 1. The number of aliphatic hydroxyl groups is 4. The Morgan fingerprint density at radius 3 is 2.53 bits per heavy atom. The van der Waals surface area contributed by atoms with Crippen molar-refractivity contribution in [3.8, 4) is 11.8 Å². The van der Waals surface area contributed by atoms with Crippen LogP contribution < -0.4 is 5.73 Å². The summed E-state index contributed by atoms with van der Waals surface area (Å²) in [5, 5.41) is 41.8. The number of nitrogens with zero attached hydrogens (tertiary/aromatic N) is 4. The van der Waals surface area contributed by atoms with Gasteiger partial charge in [-0.3, -0.25) is 9.47 Å². The maximum absolute atomic E-state index is 11.6. The summed E-state index contributed by atoms with van der Waals surface area (Å²) in [6.07, 6.45) is 5.95. The fourth-order valence-electron chi connectivity index (χ4n) is 5.81. The molecule has 1 aromatic rings. The molecule has 2 saturated carbocycles. The Hall–Kier alpha value is -2.04. The van der Waals surface area contributed by atoms with Crippen molar-refractivity contribution in [3.63, 3.8) is 0 Å². The van der Waals surface area contributed by atoms with Gasteiger partial charge in [0, 0.05) is 0 Å². The number of aliphatic imine (C=N–C) groups is 1. The van der Waals surface area contributed by atoms with Gasteiger partial charge in [0.15, 0.2) is 17.9 Å². The van der Waals surface area contributed by atoms with E-state index >= 15 is 0 Å². The van der Waals surface area contributed by atoms with Crippen LogP contribution in [0.2, 0.25) is 0 Å². The van der Waals surface area contributed by atoms with Crippen molar-refractivity contribution in [2.24, 2.45) is 10.7 Å². The maximum atomic E-state index is 11.6. The lowest BCUT2D eigenvalue weighted by Gasteiger charge is -2.46. The molecule has 198 valence electrons. The minimum Gasteiger partial charge on any atom is -0.394 e. The van der Waals surface area contributed by atoms with Crippen LogP contribution in [-0.2, 0) is 9.47 Å². The third-order valence-electron chi connectivity index (χ3n) is 7.83. The summed E-state index contributed by atoms with van der Waals surface area (Å²) < 4.78 is 13.1. The minimum atomic E-state index is -1.29. The molecule has 2 aliphatic carbocycles. The van der Waals surface area contributed by atoms with Gasteiger partial charge in [-0.05, 0) is 44.4 Å². The normalized spacial score (nSPS) is 32.5. The zero-order valence-corrected chi connectivity index (χ0v) is 20.5. The highest BCUT2D eigenvalue weighted by atomic mass is 16.6. The molecule has 36 heavy (non-hydrogen) atoms. The fraction of sp³-hybridized carbons (Fsp3) is 0.760. The van der Waals surface area contributed by atoms with Gasteiger partial charge in [0.25, 0.3) is 0 Å². The molecule has 0 bridgehead atoms. The number of fused-ring (bicyclic) bond motifs is 1. The number of rotatable bonds is 5. The Labute approximate surface area is 210 Å². The third kappa shape index (κ3) is 4.79. The second-order valence-corrected chi connectivity index (χ2v) is 10.3. The Kier molecular flexibility index (Phi) is 7.65. The van der Waals surface area contributed by atoms with Crippen LogP contribution in [0.25, 0.3) is 0 Å². The molecule has 11 nitrogen and oxygen atoms in total. The van der Waals surface area contributed by atoms with Crippen molar-refractivity contribution in [1.29, 1.82) is 0 Å². The highest BCUT2D eigenvalue weighted by Gasteiger charge is 2.47. The molecule has 11 heteroatoms. The van der Waals surface area contributed by atoms with Crippen LogP contribution in [-0.4, -0.2) is 84.1 Å². The van der Waals surface area contributed by atoms with Gasteiger partial charge in [-0.25, -0.2) is 9.98 Å². The lowest BCUT2D eigenvalue weighted by atomic mass is 9.89. The van der Waals surface area contributed by atoms with Crippen LogP contribution in [0, 0.1) is 11.8 Å². The Balaban J connectivity index is 1.45. The quantitative estimate of drug-likeness (QED) is 0.366. The fourth-order valence-corrected chi connectivity index (χ4v) is 5.81. The summed E-state index contributed by atoms with van der Waals surface area (Å²) >= 11 is 0. The van der Waals surface area contributed by atoms with Crippen molar-refractivity contribution in [1.82, 2.24) is 14.5 Å². The van der Waals surface area contributed by atoms with Gasteiger partial charge >= 0.3 is 0 Å². The molecule has 1 saturated heterocycles. The Morgan fingerprint density at radius 2 is 1.83 bits per heavy atom. The summed E-state index contributed by atoms with van der Waals surface area (Å²) in [7, 11) is 0. The van der Waals surface area contributed by atoms with Gasteiger partial charge in [0.05, 0.1) is 19.0 Å². The summed E-state index contributed by atoms with van der Waals surface area (Å²) in [5.74, 6) is 6.78. The average Bonchev–Trinajstić information content (AvgIpc) is 3.43. The molecule has 3 fully saturated rings. The van der Waals surface area contributed by atoms with Crippen LogP contribution in [0.5, 0.6) is 0 Å². The van der Waals surface area contributed by atoms with E-state index in [1.54, 1.807) is 4.90 Å². The lowest BCUT2D eigenvalue weighted by Crippen LogP contribution is -2.57. The molecule has 4 aliphatic rings. The SMILES string of the molecule is NC1c2ncn([C@@H]3O[C@H](CO)C(O)C3O)c2N=C(C#CCOC2CCCCC2)N1C1(O)CCCCC1. The van der Waals surface area contributed by atoms with Crippen molar-refractivity contribution in [3.05, 3.63) is 12.0 Å². The molecule has 3 unspecified atom stereocenters. The predicted molar refractivity (Wildman–Crippen MR) is 130 cm³/mol. The van der Waals surface area contributed by atoms with Crippen molar-refractivity contribution in [2.45, 2.75) is 107 Å². The topological polar surface area (TPSA) is 159 Å². The van der Waals surface area contributed by atoms with E-state index in [0.717, 1.165) is 32.1 Å². The summed E-state index contributed by atoms with van der Waals surface area (Å²) in [4.78, 5) is 10.8. The number of nitrogens with two attached hydrogens (primary N) is 1. The monoisotopic (exact) mass is 503 g/mol. The van der Waals surface area contributed by atoms with E-state index in [4.69, 9.17) is 20.2 Å². The molecule has 3 heterocycles. The largest absolute Gasteiger partial charge is 0.394 e. The Morgan fingerprint density at radius 1 is 1.11 bits per heavy atom. The van der Waals surface area contributed by atoms with E-state index in [2.05, 4.69) is 16.8 Å². The van der Waals surface area contributed by atoms with Gasteiger partial charge < -0.3 is 35.6 Å². The number of hydrogen-bond donors (Lipinski definition) is 5. The first-order valence-electron chi connectivity index (χ1n) is 13.1. The van der Waals surface area contributed by atoms with Gasteiger partial charge in [0.1, 0.15) is 42.5 Å². The van der Waals surface area contributed by atoms with Crippen molar-refractivity contribution < 1.29 is 29.9 Å². The van der Waals surface area contributed by atoms with Crippen molar-refractivity contribution in [2.75, 3.05) is 13.2 Å².